The van der Waals surface area contributed by atoms with Crippen molar-refractivity contribution in [2.45, 2.75) is 70.6 Å². The van der Waals surface area contributed by atoms with Crippen LogP contribution < -0.4 is 0 Å². The number of aromatic nitrogens is 3. The van der Waals surface area contributed by atoms with E-state index in [1.807, 2.05) is 31.4 Å². The normalized spacial score (nSPS) is 22.1. The number of thiazole rings is 1. The summed E-state index contributed by atoms with van der Waals surface area (Å²) in [4.78, 5) is 41.2. The predicted molar refractivity (Wildman–Crippen MR) is 137 cm³/mol. The average molecular weight is 509 g/mol. The molecule has 1 aromatic carbocycles. The van der Waals surface area contributed by atoms with Gasteiger partial charge in [0, 0.05) is 54.5 Å². The van der Waals surface area contributed by atoms with Crippen molar-refractivity contribution in [2.75, 3.05) is 0 Å². The lowest BCUT2D eigenvalue weighted by molar-refractivity contribution is -0.108. The van der Waals surface area contributed by atoms with E-state index in [9.17, 15) is 14.7 Å². The lowest BCUT2D eigenvalue weighted by Crippen LogP contribution is -2.52. The zero-order chi connectivity index (χ0) is 26.1. The monoisotopic (exact) mass is 508 g/mol. The fraction of sp³-hybridized carbons (Fsp3) is 0.444. The smallest absolute Gasteiger partial charge is 0.450 e. The molecular weight excluding hydrogens is 476 g/mol. The van der Waals surface area contributed by atoms with Crippen LogP contribution in [0.25, 0.3) is 0 Å². The van der Waals surface area contributed by atoms with E-state index in [0.717, 1.165) is 5.56 Å². The van der Waals surface area contributed by atoms with Crippen LogP contribution in [-0.4, -0.2) is 42.7 Å². The van der Waals surface area contributed by atoms with Crippen molar-refractivity contribution < 1.29 is 19.4 Å². The summed E-state index contributed by atoms with van der Waals surface area (Å²) in [6, 6.07) is 6.94. The number of rotatable bonds is 6. The minimum atomic E-state index is -1.42. The number of carboxylic acid groups (broad SMARTS) is 1. The van der Waals surface area contributed by atoms with E-state index in [4.69, 9.17) is 4.74 Å². The number of amides is 1. The fourth-order valence-corrected chi connectivity index (χ4v) is 5.89. The first-order valence-electron chi connectivity index (χ1n) is 12.0. The zero-order valence-corrected chi connectivity index (χ0v) is 22.0. The van der Waals surface area contributed by atoms with Gasteiger partial charge in [0.05, 0.1) is 11.7 Å². The number of carbonyl (C=O) groups is 2. The second-order valence-corrected chi connectivity index (χ2v) is 11.6. The van der Waals surface area contributed by atoms with Crippen LogP contribution in [0.2, 0.25) is 0 Å². The maximum atomic E-state index is 14.3. The van der Waals surface area contributed by atoms with Gasteiger partial charge in [-0.3, -0.25) is 19.7 Å². The Morgan fingerprint density at radius 3 is 2.42 bits per heavy atom. The van der Waals surface area contributed by atoms with E-state index in [-0.39, 0.29) is 29.6 Å². The van der Waals surface area contributed by atoms with Gasteiger partial charge in [-0.15, -0.1) is 11.3 Å². The molecule has 3 atom stereocenters. The Bertz CT molecular complexity index is 1190. The zero-order valence-electron chi connectivity index (χ0n) is 21.2. The summed E-state index contributed by atoms with van der Waals surface area (Å²) in [5, 5.41) is 12.4. The average Bonchev–Trinajstić information content (AvgIpc) is 3.44. The van der Waals surface area contributed by atoms with Crippen molar-refractivity contribution in [1.29, 1.82) is 0 Å². The van der Waals surface area contributed by atoms with Gasteiger partial charge in [0.1, 0.15) is 5.01 Å². The molecule has 190 valence electrons. The SMILES string of the molecule is CC(C)C[C@]1(OC(=O)O)C[C@@H](c2cnccn2)[C@H](c2nccs2)N1C(=O)c1ccc(C(C)(C)C)cc1. The maximum absolute atomic E-state index is 14.3. The Balaban J connectivity index is 1.89. The van der Waals surface area contributed by atoms with Gasteiger partial charge in [-0.1, -0.05) is 46.8 Å². The van der Waals surface area contributed by atoms with E-state index in [0.29, 0.717) is 22.7 Å². The Morgan fingerprint density at radius 2 is 1.89 bits per heavy atom. The first-order chi connectivity index (χ1) is 17.0. The summed E-state index contributed by atoms with van der Waals surface area (Å²) >= 11 is 1.42. The van der Waals surface area contributed by atoms with E-state index in [2.05, 4.69) is 35.7 Å². The molecular formula is C27H32N4O4S. The summed E-state index contributed by atoms with van der Waals surface area (Å²) in [6.45, 7) is 10.3. The number of nitrogens with zero attached hydrogens (tertiary/aromatic N) is 4. The van der Waals surface area contributed by atoms with Crippen molar-refractivity contribution in [3.63, 3.8) is 0 Å². The molecule has 0 unspecified atom stereocenters. The van der Waals surface area contributed by atoms with Crippen LogP contribution in [0.4, 0.5) is 4.79 Å². The molecule has 0 radical (unpaired) electrons. The van der Waals surface area contributed by atoms with Crippen molar-refractivity contribution >= 4 is 23.4 Å². The molecule has 1 amide bonds. The molecule has 1 saturated heterocycles. The Morgan fingerprint density at radius 1 is 1.17 bits per heavy atom. The van der Waals surface area contributed by atoms with E-state index in [1.54, 1.807) is 41.8 Å². The molecule has 3 aromatic rings. The van der Waals surface area contributed by atoms with Gasteiger partial charge < -0.3 is 9.84 Å². The van der Waals surface area contributed by atoms with E-state index < -0.39 is 17.9 Å². The molecule has 0 bridgehead atoms. The molecule has 2 aromatic heterocycles. The predicted octanol–water partition coefficient (Wildman–Crippen LogP) is 6.04. The summed E-state index contributed by atoms with van der Waals surface area (Å²) in [7, 11) is 0. The van der Waals surface area contributed by atoms with Gasteiger partial charge in [-0.2, -0.15) is 0 Å². The van der Waals surface area contributed by atoms with E-state index >= 15 is 0 Å². The minimum Gasteiger partial charge on any atom is -0.450 e. The highest BCUT2D eigenvalue weighted by atomic mass is 32.1. The van der Waals surface area contributed by atoms with Crippen LogP contribution in [0, 0.1) is 5.92 Å². The van der Waals surface area contributed by atoms with Crippen molar-refractivity contribution in [3.8, 4) is 0 Å². The fourth-order valence-electron chi connectivity index (χ4n) is 5.10. The minimum absolute atomic E-state index is 0.0560. The first kappa shape index (κ1) is 25.8. The van der Waals surface area contributed by atoms with Gasteiger partial charge in [0.25, 0.3) is 5.91 Å². The van der Waals surface area contributed by atoms with Gasteiger partial charge >= 0.3 is 6.16 Å². The third-order valence-electron chi connectivity index (χ3n) is 6.53. The molecule has 1 N–H and O–H groups in total. The molecule has 4 rings (SSSR count). The highest BCUT2D eigenvalue weighted by molar-refractivity contribution is 7.09. The molecule has 0 aliphatic carbocycles. The van der Waals surface area contributed by atoms with Crippen LogP contribution in [0.1, 0.15) is 86.0 Å². The molecule has 36 heavy (non-hydrogen) atoms. The summed E-state index contributed by atoms with van der Waals surface area (Å²) in [6.07, 6.45) is 5.72. The molecule has 1 aliphatic rings. The van der Waals surface area contributed by atoms with Crippen LogP contribution in [-0.2, 0) is 10.2 Å². The lowest BCUT2D eigenvalue weighted by atomic mass is 9.86. The Hall–Kier alpha value is -3.33. The lowest BCUT2D eigenvalue weighted by Gasteiger charge is -2.40. The number of ether oxygens (including phenoxy) is 1. The van der Waals surface area contributed by atoms with Crippen LogP contribution >= 0.6 is 11.3 Å². The van der Waals surface area contributed by atoms with Gasteiger partial charge in [-0.05, 0) is 29.0 Å². The second kappa shape index (κ2) is 9.97. The summed E-state index contributed by atoms with van der Waals surface area (Å²) < 4.78 is 5.67. The summed E-state index contributed by atoms with van der Waals surface area (Å²) in [5.74, 6) is -0.592. The summed E-state index contributed by atoms with van der Waals surface area (Å²) in [5.41, 5.74) is 0.774. The van der Waals surface area contributed by atoms with Gasteiger partial charge in [0.2, 0.25) is 0 Å². The topological polar surface area (TPSA) is 106 Å². The van der Waals surface area contributed by atoms with E-state index in [1.165, 1.54) is 11.3 Å². The second-order valence-electron chi connectivity index (χ2n) is 10.7. The van der Waals surface area contributed by atoms with Crippen molar-refractivity contribution in [2.24, 2.45) is 5.92 Å². The molecule has 9 heteroatoms. The number of benzene rings is 1. The van der Waals surface area contributed by atoms with Crippen molar-refractivity contribution in [3.05, 3.63) is 76.3 Å². The standard InChI is InChI=1S/C27H32N4O4S/c1-17(2)14-27(35-25(33)34)15-20(21-16-28-10-11-29-21)22(23-30-12-13-36-23)31(27)24(32)18-6-8-19(9-7-18)26(3,4)5/h6-13,16-17,20,22H,14-15H2,1-5H3,(H,33,34)/t20-,22+,27-/m0/s1. The Labute approximate surface area is 215 Å². The van der Waals surface area contributed by atoms with Crippen LogP contribution in [0.15, 0.2) is 54.4 Å². The number of likely N-dealkylation sites (tertiary alicyclic amines) is 1. The van der Waals surface area contributed by atoms with Crippen LogP contribution in [0.5, 0.6) is 0 Å². The van der Waals surface area contributed by atoms with Crippen LogP contribution in [0.3, 0.4) is 0 Å². The quantitative estimate of drug-likeness (QED) is 0.405. The largest absolute Gasteiger partial charge is 0.507 e. The third-order valence-corrected chi connectivity index (χ3v) is 7.37. The molecule has 3 heterocycles. The van der Waals surface area contributed by atoms with Crippen molar-refractivity contribution in [1.82, 2.24) is 19.9 Å². The third kappa shape index (κ3) is 5.11. The molecule has 1 fully saturated rings. The molecule has 0 spiro atoms. The molecule has 1 aliphatic heterocycles. The highest BCUT2D eigenvalue weighted by Crippen LogP contribution is 2.54. The first-order valence-corrected chi connectivity index (χ1v) is 12.9. The highest BCUT2D eigenvalue weighted by Gasteiger charge is 2.59. The Kier molecular flexibility index (Phi) is 7.13. The van der Waals surface area contributed by atoms with Gasteiger partial charge in [-0.25, -0.2) is 9.78 Å². The number of hydrogen-bond donors (Lipinski definition) is 1. The van der Waals surface area contributed by atoms with Gasteiger partial charge in [0.15, 0.2) is 5.72 Å². The number of hydrogen-bond acceptors (Lipinski definition) is 7. The maximum Gasteiger partial charge on any atom is 0.507 e. The molecule has 0 saturated carbocycles. The molecule has 8 nitrogen and oxygen atoms in total. The number of carbonyl (C=O) groups excluding carboxylic acids is 1.